The third-order valence-electron chi connectivity index (χ3n) is 3.21. The molecule has 1 atom stereocenters. The lowest BCUT2D eigenvalue weighted by Crippen LogP contribution is -2.21. The quantitative estimate of drug-likeness (QED) is 0.923. The first-order valence-corrected chi connectivity index (χ1v) is 9.28. The molecule has 0 saturated heterocycles. The van der Waals surface area contributed by atoms with Gasteiger partial charge in [0.25, 0.3) is 0 Å². The van der Waals surface area contributed by atoms with Crippen LogP contribution in [0.25, 0.3) is 0 Å². The van der Waals surface area contributed by atoms with Crippen LogP contribution in [0, 0.1) is 6.92 Å². The van der Waals surface area contributed by atoms with E-state index in [-0.39, 0.29) is 6.04 Å². The molecule has 1 aromatic carbocycles. The number of hydrogen-bond donors (Lipinski definition) is 1. The number of sulfone groups is 1. The minimum Gasteiger partial charge on any atom is -0.306 e. The van der Waals surface area contributed by atoms with Gasteiger partial charge in [-0.05, 0) is 48.2 Å². The van der Waals surface area contributed by atoms with Gasteiger partial charge in [0, 0.05) is 11.1 Å². The zero-order valence-corrected chi connectivity index (χ0v) is 13.5. The van der Waals surface area contributed by atoms with Gasteiger partial charge in [-0.25, -0.2) is 8.42 Å². The summed E-state index contributed by atoms with van der Waals surface area (Å²) in [5, 5.41) is 5.54. The van der Waals surface area contributed by atoms with Gasteiger partial charge in [-0.1, -0.05) is 19.1 Å². The van der Waals surface area contributed by atoms with Crippen molar-refractivity contribution in [2.24, 2.45) is 0 Å². The Balaban J connectivity index is 2.38. The second kappa shape index (κ2) is 6.08. The highest BCUT2D eigenvalue weighted by Crippen LogP contribution is 2.29. The summed E-state index contributed by atoms with van der Waals surface area (Å²) in [7, 11) is -3.14. The average molecular weight is 309 g/mol. The molecule has 0 fully saturated rings. The molecule has 0 aliphatic carbocycles. The molecule has 1 N–H and O–H groups in total. The van der Waals surface area contributed by atoms with Crippen LogP contribution in [0.2, 0.25) is 0 Å². The van der Waals surface area contributed by atoms with Crippen LogP contribution < -0.4 is 5.32 Å². The fraction of sp³-hybridized carbons (Fsp3) is 0.333. The molecule has 5 heteroatoms. The summed E-state index contributed by atoms with van der Waals surface area (Å²) in [6.45, 7) is 5.03. The summed E-state index contributed by atoms with van der Waals surface area (Å²) >= 11 is 1.72. The van der Waals surface area contributed by atoms with E-state index in [9.17, 15) is 8.42 Å². The molecule has 0 bridgehead atoms. The predicted molar refractivity (Wildman–Crippen MR) is 84.1 cm³/mol. The van der Waals surface area contributed by atoms with Crippen LogP contribution in [0.15, 0.2) is 40.6 Å². The zero-order valence-electron chi connectivity index (χ0n) is 11.9. The molecule has 1 aromatic heterocycles. The average Bonchev–Trinajstić information content (AvgIpc) is 2.81. The molecule has 3 nitrogen and oxygen atoms in total. The third kappa shape index (κ3) is 3.29. The molecule has 0 radical (unpaired) electrons. The van der Waals surface area contributed by atoms with Gasteiger partial charge in [0.1, 0.15) is 0 Å². The maximum absolute atomic E-state index is 11.5. The van der Waals surface area contributed by atoms with Crippen LogP contribution in [-0.4, -0.2) is 21.2 Å². The Morgan fingerprint density at radius 1 is 1.20 bits per heavy atom. The SMILES string of the molecule is CCNC(c1ccc(S(C)(=O)=O)cc1)c1sccc1C. The van der Waals surface area contributed by atoms with E-state index in [1.165, 1.54) is 16.7 Å². The standard InChI is InChI=1S/C15H19NO2S2/c1-4-16-14(15-11(2)9-10-19-15)12-5-7-13(8-6-12)20(3,17)18/h5-10,14,16H,4H2,1-3H3. The van der Waals surface area contributed by atoms with Gasteiger partial charge >= 0.3 is 0 Å². The second-order valence-electron chi connectivity index (χ2n) is 4.80. The van der Waals surface area contributed by atoms with E-state index >= 15 is 0 Å². The van der Waals surface area contributed by atoms with E-state index in [1.807, 2.05) is 12.1 Å². The zero-order chi connectivity index (χ0) is 14.8. The molecule has 2 rings (SSSR count). The Morgan fingerprint density at radius 2 is 1.85 bits per heavy atom. The predicted octanol–water partition coefficient (Wildman–Crippen LogP) is 3.16. The van der Waals surface area contributed by atoms with E-state index in [0.29, 0.717) is 4.90 Å². The van der Waals surface area contributed by atoms with E-state index in [1.54, 1.807) is 23.5 Å². The molecular weight excluding hydrogens is 290 g/mol. The lowest BCUT2D eigenvalue weighted by molar-refractivity contribution is 0.601. The van der Waals surface area contributed by atoms with Crippen LogP contribution in [0.5, 0.6) is 0 Å². The molecule has 1 unspecified atom stereocenters. The summed E-state index contributed by atoms with van der Waals surface area (Å²) in [6.07, 6.45) is 1.23. The van der Waals surface area contributed by atoms with Crippen molar-refractivity contribution in [3.63, 3.8) is 0 Å². The first-order chi connectivity index (χ1) is 9.43. The minimum atomic E-state index is -3.14. The van der Waals surface area contributed by atoms with Gasteiger partial charge in [-0.2, -0.15) is 0 Å². The van der Waals surface area contributed by atoms with Crippen LogP contribution in [-0.2, 0) is 9.84 Å². The fourth-order valence-corrected chi connectivity index (χ4v) is 3.81. The Morgan fingerprint density at radius 3 is 2.30 bits per heavy atom. The van der Waals surface area contributed by atoms with E-state index in [4.69, 9.17) is 0 Å². The van der Waals surface area contributed by atoms with Crippen molar-refractivity contribution in [1.29, 1.82) is 0 Å². The number of benzene rings is 1. The number of aryl methyl sites for hydroxylation is 1. The maximum atomic E-state index is 11.5. The van der Waals surface area contributed by atoms with Gasteiger partial charge in [-0.3, -0.25) is 0 Å². The highest BCUT2D eigenvalue weighted by Gasteiger charge is 2.17. The van der Waals surface area contributed by atoms with Crippen LogP contribution >= 0.6 is 11.3 Å². The van der Waals surface area contributed by atoms with Crippen molar-refractivity contribution in [3.05, 3.63) is 51.7 Å². The van der Waals surface area contributed by atoms with E-state index in [2.05, 4.69) is 30.6 Å². The molecular formula is C15H19NO2S2. The lowest BCUT2D eigenvalue weighted by Gasteiger charge is -2.18. The van der Waals surface area contributed by atoms with Crippen LogP contribution in [0.3, 0.4) is 0 Å². The summed E-state index contributed by atoms with van der Waals surface area (Å²) < 4.78 is 23.0. The Labute approximate surface area is 124 Å². The largest absolute Gasteiger partial charge is 0.306 e. The number of rotatable bonds is 5. The van der Waals surface area contributed by atoms with Crippen molar-refractivity contribution >= 4 is 21.2 Å². The number of thiophene rings is 1. The van der Waals surface area contributed by atoms with Crippen molar-refractivity contribution in [1.82, 2.24) is 5.32 Å². The van der Waals surface area contributed by atoms with Gasteiger partial charge in [-0.15, -0.1) is 11.3 Å². The summed E-state index contributed by atoms with van der Waals surface area (Å²) in [5.74, 6) is 0. The van der Waals surface area contributed by atoms with Crippen molar-refractivity contribution < 1.29 is 8.42 Å². The Kier molecular flexibility index (Phi) is 4.62. The van der Waals surface area contributed by atoms with Crippen LogP contribution in [0.4, 0.5) is 0 Å². The topological polar surface area (TPSA) is 46.2 Å². The summed E-state index contributed by atoms with van der Waals surface area (Å²) in [4.78, 5) is 1.64. The van der Waals surface area contributed by atoms with Crippen molar-refractivity contribution in [2.75, 3.05) is 12.8 Å². The Hall–Kier alpha value is -1.17. The normalized spacial score (nSPS) is 13.3. The minimum absolute atomic E-state index is 0.119. The molecule has 0 amide bonds. The van der Waals surface area contributed by atoms with Crippen molar-refractivity contribution in [3.8, 4) is 0 Å². The van der Waals surface area contributed by atoms with Gasteiger partial charge in [0.05, 0.1) is 10.9 Å². The maximum Gasteiger partial charge on any atom is 0.175 e. The van der Waals surface area contributed by atoms with Gasteiger partial charge in [0.2, 0.25) is 0 Å². The molecule has 1 heterocycles. The Bertz CT molecular complexity index is 672. The van der Waals surface area contributed by atoms with Gasteiger partial charge < -0.3 is 5.32 Å². The van der Waals surface area contributed by atoms with E-state index < -0.39 is 9.84 Å². The molecule has 108 valence electrons. The first kappa shape index (κ1) is 15.2. The smallest absolute Gasteiger partial charge is 0.175 e. The molecule has 0 spiro atoms. The van der Waals surface area contributed by atoms with Gasteiger partial charge in [0.15, 0.2) is 9.84 Å². The highest BCUT2D eigenvalue weighted by atomic mass is 32.2. The first-order valence-electron chi connectivity index (χ1n) is 6.51. The van der Waals surface area contributed by atoms with E-state index in [0.717, 1.165) is 12.1 Å². The molecule has 2 aromatic rings. The number of nitrogens with one attached hydrogen (secondary N) is 1. The molecule has 0 aliphatic heterocycles. The third-order valence-corrected chi connectivity index (χ3v) is 5.43. The molecule has 0 saturated carbocycles. The number of hydrogen-bond acceptors (Lipinski definition) is 4. The lowest BCUT2D eigenvalue weighted by atomic mass is 10.0. The monoisotopic (exact) mass is 309 g/mol. The highest BCUT2D eigenvalue weighted by molar-refractivity contribution is 7.90. The fourth-order valence-electron chi connectivity index (χ4n) is 2.15. The van der Waals surface area contributed by atoms with Crippen molar-refractivity contribution in [2.45, 2.75) is 24.8 Å². The molecule has 0 aliphatic rings. The summed E-state index contributed by atoms with van der Waals surface area (Å²) in [6, 6.07) is 9.37. The van der Waals surface area contributed by atoms with Crippen LogP contribution in [0.1, 0.15) is 29.0 Å². The molecule has 20 heavy (non-hydrogen) atoms. The second-order valence-corrected chi connectivity index (χ2v) is 7.76. The summed E-state index contributed by atoms with van der Waals surface area (Å²) in [5.41, 5.74) is 2.35.